The SMILES string of the molecule is CCNC(C)(CN1CCC(OCC)CC1)C(=O)O. The molecule has 0 radical (unpaired) electrons. The minimum Gasteiger partial charge on any atom is -0.480 e. The predicted molar refractivity (Wildman–Crippen MR) is 70.8 cm³/mol. The number of nitrogens with zero attached hydrogens (tertiary/aromatic N) is 1. The molecule has 2 N–H and O–H groups in total. The summed E-state index contributed by atoms with van der Waals surface area (Å²) in [6.07, 6.45) is 2.34. The zero-order valence-corrected chi connectivity index (χ0v) is 11.7. The van der Waals surface area contributed by atoms with Crippen molar-refractivity contribution in [2.45, 2.75) is 45.3 Å². The molecular weight excluding hydrogens is 232 g/mol. The van der Waals surface area contributed by atoms with Gasteiger partial charge in [-0.05, 0) is 33.2 Å². The molecule has 1 heterocycles. The summed E-state index contributed by atoms with van der Waals surface area (Å²) in [5, 5.41) is 12.4. The van der Waals surface area contributed by atoms with E-state index in [1.54, 1.807) is 6.92 Å². The van der Waals surface area contributed by atoms with E-state index in [1.807, 2.05) is 13.8 Å². The topological polar surface area (TPSA) is 61.8 Å². The zero-order chi connectivity index (χ0) is 13.6. The molecule has 0 saturated carbocycles. The van der Waals surface area contributed by atoms with Crippen LogP contribution in [0.25, 0.3) is 0 Å². The fourth-order valence-corrected chi connectivity index (χ4v) is 2.51. The molecule has 0 aromatic carbocycles. The number of ether oxygens (including phenoxy) is 1. The molecule has 1 rings (SSSR count). The summed E-state index contributed by atoms with van der Waals surface area (Å²) in [4.78, 5) is 13.6. The van der Waals surface area contributed by atoms with Crippen molar-refractivity contribution in [3.8, 4) is 0 Å². The summed E-state index contributed by atoms with van der Waals surface area (Å²) in [6.45, 7) is 9.51. The van der Waals surface area contributed by atoms with E-state index < -0.39 is 11.5 Å². The van der Waals surface area contributed by atoms with Crippen molar-refractivity contribution < 1.29 is 14.6 Å². The molecule has 0 spiro atoms. The monoisotopic (exact) mass is 258 g/mol. The third-order valence-electron chi connectivity index (χ3n) is 3.52. The van der Waals surface area contributed by atoms with Gasteiger partial charge in [0.25, 0.3) is 0 Å². The maximum absolute atomic E-state index is 11.3. The van der Waals surface area contributed by atoms with Crippen LogP contribution in [0.2, 0.25) is 0 Å². The standard InChI is InChI=1S/C13H26N2O3/c1-4-14-13(3,12(16)17)10-15-8-6-11(7-9-15)18-5-2/h11,14H,4-10H2,1-3H3,(H,16,17). The quantitative estimate of drug-likeness (QED) is 0.711. The van der Waals surface area contributed by atoms with E-state index in [0.717, 1.165) is 32.5 Å². The van der Waals surface area contributed by atoms with E-state index in [9.17, 15) is 9.90 Å². The highest BCUT2D eigenvalue weighted by Crippen LogP contribution is 2.16. The van der Waals surface area contributed by atoms with Gasteiger partial charge < -0.3 is 20.1 Å². The van der Waals surface area contributed by atoms with Gasteiger partial charge in [-0.25, -0.2) is 0 Å². The van der Waals surface area contributed by atoms with Crippen LogP contribution in [0.5, 0.6) is 0 Å². The van der Waals surface area contributed by atoms with Crippen molar-refractivity contribution in [3.05, 3.63) is 0 Å². The van der Waals surface area contributed by atoms with Crippen LogP contribution in [-0.4, -0.2) is 60.4 Å². The van der Waals surface area contributed by atoms with Gasteiger partial charge in [0.2, 0.25) is 0 Å². The Kier molecular flexibility index (Phi) is 6.05. The Morgan fingerprint density at radius 3 is 2.50 bits per heavy atom. The van der Waals surface area contributed by atoms with Gasteiger partial charge in [-0.1, -0.05) is 6.92 Å². The fourth-order valence-electron chi connectivity index (χ4n) is 2.51. The third-order valence-corrected chi connectivity index (χ3v) is 3.52. The number of carboxylic acid groups (broad SMARTS) is 1. The Balaban J connectivity index is 2.45. The minimum atomic E-state index is -0.854. The second-order valence-corrected chi connectivity index (χ2v) is 5.10. The van der Waals surface area contributed by atoms with Crippen molar-refractivity contribution in [1.29, 1.82) is 0 Å². The third kappa shape index (κ3) is 4.23. The molecule has 0 amide bonds. The summed E-state index contributed by atoms with van der Waals surface area (Å²) in [6, 6.07) is 0. The number of hydrogen-bond donors (Lipinski definition) is 2. The number of likely N-dealkylation sites (tertiary alicyclic amines) is 1. The normalized spacial score (nSPS) is 21.7. The number of carbonyl (C=O) groups is 1. The van der Waals surface area contributed by atoms with Crippen molar-refractivity contribution in [2.24, 2.45) is 0 Å². The molecule has 1 saturated heterocycles. The van der Waals surface area contributed by atoms with Crippen LogP contribution >= 0.6 is 0 Å². The Morgan fingerprint density at radius 2 is 2.06 bits per heavy atom. The molecule has 1 aliphatic rings. The van der Waals surface area contributed by atoms with Crippen molar-refractivity contribution in [2.75, 3.05) is 32.8 Å². The first-order chi connectivity index (χ1) is 8.51. The lowest BCUT2D eigenvalue weighted by Crippen LogP contribution is -2.58. The number of nitrogens with one attached hydrogen (secondary N) is 1. The first kappa shape index (κ1) is 15.4. The Hall–Kier alpha value is -0.650. The van der Waals surface area contributed by atoms with Crippen molar-refractivity contribution in [3.63, 3.8) is 0 Å². The lowest BCUT2D eigenvalue weighted by Gasteiger charge is -2.37. The van der Waals surface area contributed by atoms with Crippen LogP contribution in [0.4, 0.5) is 0 Å². The minimum absolute atomic E-state index is 0.349. The number of hydrogen-bond acceptors (Lipinski definition) is 4. The van der Waals surface area contributed by atoms with Crippen LogP contribution in [0.3, 0.4) is 0 Å². The lowest BCUT2D eigenvalue weighted by molar-refractivity contribution is -0.145. The molecule has 0 aromatic heterocycles. The van der Waals surface area contributed by atoms with Crippen molar-refractivity contribution in [1.82, 2.24) is 10.2 Å². The average Bonchev–Trinajstić information content (AvgIpc) is 2.32. The van der Waals surface area contributed by atoms with Gasteiger partial charge in [0.15, 0.2) is 0 Å². The summed E-state index contributed by atoms with van der Waals surface area (Å²) in [7, 11) is 0. The molecule has 106 valence electrons. The molecule has 0 aromatic rings. The fraction of sp³-hybridized carbons (Fsp3) is 0.923. The van der Waals surface area contributed by atoms with Crippen LogP contribution < -0.4 is 5.32 Å². The zero-order valence-electron chi connectivity index (χ0n) is 11.7. The van der Waals surface area contributed by atoms with Crippen LogP contribution in [0, 0.1) is 0 Å². The number of rotatable bonds is 7. The summed E-state index contributed by atoms with van der Waals surface area (Å²) in [5.41, 5.74) is -0.854. The van der Waals surface area contributed by atoms with Gasteiger partial charge in [-0.3, -0.25) is 4.79 Å². The smallest absolute Gasteiger partial charge is 0.324 e. The van der Waals surface area contributed by atoms with E-state index in [4.69, 9.17) is 4.74 Å². The second-order valence-electron chi connectivity index (χ2n) is 5.10. The van der Waals surface area contributed by atoms with Gasteiger partial charge in [0, 0.05) is 26.2 Å². The molecule has 1 aliphatic heterocycles. The maximum atomic E-state index is 11.3. The predicted octanol–water partition coefficient (Wildman–Crippen LogP) is 0.940. The highest BCUT2D eigenvalue weighted by Gasteiger charge is 2.35. The first-order valence-corrected chi connectivity index (χ1v) is 6.84. The van der Waals surface area contributed by atoms with Crippen LogP contribution in [-0.2, 0) is 9.53 Å². The molecule has 0 aliphatic carbocycles. The van der Waals surface area contributed by atoms with Gasteiger partial charge in [0.1, 0.15) is 5.54 Å². The van der Waals surface area contributed by atoms with Gasteiger partial charge in [-0.15, -0.1) is 0 Å². The van der Waals surface area contributed by atoms with Crippen molar-refractivity contribution >= 4 is 5.97 Å². The molecule has 5 heteroatoms. The Morgan fingerprint density at radius 1 is 1.44 bits per heavy atom. The van der Waals surface area contributed by atoms with E-state index in [0.29, 0.717) is 19.2 Å². The number of carboxylic acids is 1. The van der Waals surface area contributed by atoms with Crippen LogP contribution in [0.1, 0.15) is 33.6 Å². The summed E-state index contributed by atoms with van der Waals surface area (Å²) in [5.74, 6) is -0.781. The van der Waals surface area contributed by atoms with E-state index in [1.165, 1.54) is 0 Å². The molecule has 18 heavy (non-hydrogen) atoms. The number of aliphatic carboxylic acids is 1. The number of likely N-dealkylation sites (N-methyl/N-ethyl adjacent to an activating group) is 1. The highest BCUT2D eigenvalue weighted by atomic mass is 16.5. The molecule has 0 bridgehead atoms. The molecule has 5 nitrogen and oxygen atoms in total. The molecule has 1 unspecified atom stereocenters. The summed E-state index contributed by atoms with van der Waals surface area (Å²) < 4.78 is 5.60. The average molecular weight is 258 g/mol. The van der Waals surface area contributed by atoms with E-state index in [-0.39, 0.29) is 0 Å². The second kappa shape index (κ2) is 7.07. The van der Waals surface area contributed by atoms with Gasteiger partial charge in [-0.2, -0.15) is 0 Å². The largest absolute Gasteiger partial charge is 0.480 e. The first-order valence-electron chi connectivity index (χ1n) is 6.84. The molecule has 1 fully saturated rings. The van der Waals surface area contributed by atoms with Crippen LogP contribution in [0.15, 0.2) is 0 Å². The molecule has 1 atom stereocenters. The molecular formula is C13H26N2O3. The Bertz CT molecular complexity index is 265. The van der Waals surface area contributed by atoms with Gasteiger partial charge in [0.05, 0.1) is 6.10 Å². The lowest BCUT2D eigenvalue weighted by atomic mass is 9.99. The maximum Gasteiger partial charge on any atom is 0.324 e. The van der Waals surface area contributed by atoms with E-state index >= 15 is 0 Å². The van der Waals surface area contributed by atoms with Gasteiger partial charge >= 0.3 is 5.97 Å². The highest BCUT2D eigenvalue weighted by molar-refractivity contribution is 5.78. The Labute approximate surface area is 109 Å². The summed E-state index contributed by atoms with van der Waals surface area (Å²) >= 11 is 0. The van der Waals surface area contributed by atoms with E-state index in [2.05, 4.69) is 10.2 Å². The number of piperidine rings is 1.